The molecule has 20 heavy (non-hydrogen) atoms. The van der Waals surface area contributed by atoms with Crippen molar-refractivity contribution in [2.75, 3.05) is 32.7 Å². The predicted octanol–water partition coefficient (Wildman–Crippen LogP) is 1.19. The van der Waals surface area contributed by atoms with Gasteiger partial charge in [0, 0.05) is 33.4 Å². The van der Waals surface area contributed by atoms with Gasteiger partial charge in [0.25, 0.3) is 0 Å². The van der Waals surface area contributed by atoms with Gasteiger partial charge in [0.05, 0.1) is 6.61 Å². The van der Waals surface area contributed by atoms with Crippen molar-refractivity contribution in [3.05, 3.63) is 29.8 Å². The fourth-order valence-corrected chi connectivity index (χ4v) is 1.52. The van der Waals surface area contributed by atoms with Crippen LogP contribution in [-0.2, 0) is 16.1 Å². The van der Waals surface area contributed by atoms with Crippen molar-refractivity contribution in [1.82, 2.24) is 5.32 Å². The number of nitrogens with one attached hydrogen (secondary N) is 1. The van der Waals surface area contributed by atoms with Crippen LogP contribution in [0.25, 0.3) is 0 Å². The first-order chi connectivity index (χ1) is 8.54. The maximum absolute atomic E-state index is 11.6. The minimum Gasteiger partial charge on any atom is -0.383 e. The number of nitrogens with two attached hydrogens (primary N) is 1. The van der Waals surface area contributed by atoms with Gasteiger partial charge >= 0.3 is 0 Å². The van der Waals surface area contributed by atoms with Crippen LogP contribution in [0.2, 0.25) is 0 Å². The average molecular weight is 324 g/mol. The topological polar surface area (TPSA) is 67.6 Å². The molecule has 7 heteroatoms. The summed E-state index contributed by atoms with van der Waals surface area (Å²) in [5.41, 5.74) is 7.77. The van der Waals surface area contributed by atoms with E-state index >= 15 is 0 Å². The van der Waals surface area contributed by atoms with E-state index in [4.69, 9.17) is 10.5 Å². The summed E-state index contributed by atoms with van der Waals surface area (Å²) in [6.45, 7) is 0.696. The number of benzene rings is 1. The molecule has 5 nitrogen and oxygen atoms in total. The lowest BCUT2D eigenvalue weighted by molar-refractivity contribution is -0.123. The third kappa shape index (κ3) is 6.96. The summed E-state index contributed by atoms with van der Waals surface area (Å²) in [7, 11) is 5.48. The number of rotatable bonds is 6. The number of methoxy groups -OCH3 is 1. The highest BCUT2D eigenvalue weighted by atomic mass is 35.5. The van der Waals surface area contributed by atoms with Gasteiger partial charge in [0.2, 0.25) is 5.91 Å². The SMILES string of the molecule is COCC(N)C(=O)NCc1cccc(N(C)C)c1.Cl.Cl. The first-order valence-electron chi connectivity index (χ1n) is 5.83. The molecule has 0 heterocycles. The molecule has 0 saturated heterocycles. The zero-order valence-corrected chi connectivity index (χ0v) is 13.6. The summed E-state index contributed by atoms with van der Waals surface area (Å²) in [5.74, 6) is -0.202. The number of carbonyl (C=O) groups excluding carboxylic acids is 1. The van der Waals surface area contributed by atoms with Crippen molar-refractivity contribution in [3.63, 3.8) is 0 Å². The molecule has 1 amide bonds. The Morgan fingerprint density at radius 2 is 2.05 bits per heavy atom. The lowest BCUT2D eigenvalue weighted by atomic mass is 10.2. The van der Waals surface area contributed by atoms with E-state index in [-0.39, 0.29) is 37.3 Å². The van der Waals surface area contributed by atoms with Crippen LogP contribution >= 0.6 is 24.8 Å². The highest BCUT2D eigenvalue weighted by Crippen LogP contribution is 2.12. The minimum atomic E-state index is -0.618. The zero-order valence-electron chi connectivity index (χ0n) is 12.0. The lowest BCUT2D eigenvalue weighted by Crippen LogP contribution is -2.43. The molecular weight excluding hydrogens is 301 g/mol. The molecule has 0 bridgehead atoms. The molecule has 3 N–H and O–H groups in total. The summed E-state index contributed by atoms with van der Waals surface area (Å²) in [6.07, 6.45) is 0. The summed E-state index contributed by atoms with van der Waals surface area (Å²) in [6, 6.07) is 7.36. The normalized spacial score (nSPS) is 10.8. The van der Waals surface area contributed by atoms with Crippen molar-refractivity contribution in [3.8, 4) is 0 Å². The Kier molecular flexibility index (Phi) is 11.4. The van der Waals surface area contributed by atoms with Crippen molar-refractivity contribution in [2.24, 2.45) is 5.73 Å². The van der Waals surface area contributed by atoms with Crippen molar-refractivity contribution in [1.29, 1.82) is 0 Å². The van der Waals surface area contributed by atoms with E-state index in [0.29, 0.717) is 6.54 Å². The van der Waals surface area contributed by atoms with Crippen LogP contribution < -0.4 is 16.0 Å². The molecule has 1 unspecified atom stereocenters. The van der Waals surface area contributed by atoms with Gasteiger partial charge in [-0.3, -0.25) is 4.79 Å². The minimum absolute atomic E-state index is 0. The van der Waals surface area contributed by atoms with Gasteiger partial charge in [-0.25, -0.2) is 0 Å². The van der Waals surface area contributed by atoms with Gasteiger partial charge in [0.15, 0.2) is 0 Å². The molecular formula is C13H23Cl2N3O2. The Labute approximate surface area is 132 Å². The van der Waals surface area contributed by atoms with E-state index < -0.39 is 6.04 Å². The molecule has 0 radical (unpaired) electrons. The van der Waals surface area contributed by atoms with E-state index in [2.05, 4.69) is 5.32 Å². The van der Waals surface area contributed by atoms with Crippen LogP contribution in [0.1, 0.15) is 5.56 Å². The second-order valence-corrected chi connectivity index (χ2v) is 4.34. The third-order valence-electron chi connectivity index (χ3n) is 2.58. The predicted molar refractivity (Wildman–Crippen MR) is 87.0 cm³/mol. The van der Waals surface area contributed by atoms with Crippen LogP contribution in [0.3, 0.4) is 0 Å². The number of ether oxygens (including phenoxy) is 1. The highest BCUT2D eigenvalue weighted by molar-refractivity contribution is 5.85. The molecule has 1 aromatic rings. The molecule has 0 saturated carbocycles. The molecule has 0 aliphatic carbocycles. The zero-order chi connectivity index (χ0) is 13.5. The second kappa shape index (κ2) is 10.7. The summed E-state index contributed by atoms with van der Waals surface area (Å²) >= 11 is 0. The molecule has 1 rings (SSSR count). The third-order valence-corrected chi connectivity index (χ3v) is 2.58. The van der Waals surface area contributed by atoms with Gasteiger partial charge in [-0.2, -0.15) is 0 Å². The number of hydrogen-bond donors (Lipinski definition) is 2. The largest absolute Gasteiger partial charge is 0.383 e. The smallest absolute Gasteiger partial charge is 0.239 e. The van der Waals surface area contributed by atoms with Gasteiger partial charge in [-0.05, 0) is 17.7 Å². The quantitative estimate of drug-likeness (QED) is 0.825. The maximum atomic E-state index is 11.6. The van der Waals surface area contributed by atoms with Crippen LogP contribution in [-0.4, -0.2) is 39.8 Å². The summed E-state index contributed by atoms with van der Waals surface area (Å²) in [5, 5.41) is 2.79. The van der Waals surface area contributed by atoms with E-state index in [0.717, 1.165) is 11.3 Å². The highest BCUT2D eigenvalue weighted by Gasteiger charge is 2.12. The van der Waals surface area contributed by atoms with Gasteiger partial charge in [-0.1, -0.05) is 12.1 Å². The molecule has 0 aliphatic heterocycles. The van der Waals surface area contributed by atoms with Gasteiger partial charge < -0.3 is 20.7 Å². The first-order valence-corrected chi connectivity index (χ1v) is 5.83. The summed E-state index contributed by atoms with van der Waals surface area (Å²) in [4.78, 5) is 13.6. The van der Waals surface area contributed by atoms with Crippen molar-refractivity contribution in [2.45, 2.75) is 12.6 Å². The fourth-order valence-electron chi connectivity index (χ4n) is 1.52. The van der Waals surface area contributed by atoms with Crippen molar-refractivity contribution < 1.29 is 9.53 Å². The molecule has 0 aromatic heterocycles. The Morgan fingerprint density at radius 3 is 2.60 bits per heavy atom. The Bertz CT molecular complexity index is 403. The van der Waals surface area contributed by atoms with E-state index in [1.165, 1.54) is 7.11 Å². The maximum Gasteiger partial charge on any atom is 0.239 e. The number of halogens is 2. The molecule has 1 aromatic carbocycles. The van der Waals surface area contributed by atoms with Crippen LogP contribution in [0.4, 0.5) is 5.69 Å². The number of amides is 1. The first kappa shape index (κ1) is 21.3. The van der Waals surface area contributed by atoms with Crippen LogP contribution in [0.5, 0.6) is 0 Å². The molecule has 0 aliphatic rings. The number of anilines is 1. The fraction of sp³-hybridized carbons (Fsp3) is 0.462. The number of hydrogen-bond acceptors (Lipinski definition) is 4. The van der Waals surface area contributed by atoms with Crippen LogP contribution in [0.15, 0.2) is 24.3 Å². The Balaban J connectivity index is 0. The Morgan fingerprint density at radius 1 is 1.40 bits per heavy atom. The summed E-state index contributed by atoms with van der Waals surface area (Å²) < 4.78 is 4.83. The van der Waals surface area contributed by atoms with Crippen LogP contribution in [0, 0.1) is 0 Å². The number of nitrogens with zero attached hydrogens (tertiary/aromatic N) is 1. The van der Waals surface area contributed by atoms with Crippen molar-refractivity contribution >= 4 is 36.4 Å². The van der Waals surface area contributed by atoms with Gasteiger partial charge in [0.1, 0.15) is 6.04 Å². The average Bonchev–Trinajstić information content (AvgIpc) is 2.36. The van der Waals surface area contributed by atoms with E-state index in [9.17, 15) is 4.79 Å². The molecule has 0 fully saturated rings. The number of carbonyl (C=O) groups is 1. The standard InChI is InChI=1S/C13H21N3O2.2ClH/c1-16(2)11-6-4-5-10(7-11)8-15-13(17)12(14)9-18-3;;/h4-7,12H,8-9,14H2,1-3H3,(H,15,17);2*1H. The lowest BCUT2D eigenvalue weighted by Gasteiger charge is -2.15. The molecule has 116 valence electrons. The molecule has 0 spiro atoms. The second-order valence-electron chi connectivity index (χ2n) is 4.34. The Hall–Kier alpha value is -1.01. The van der Waals surface area contributed by atoms with E-state index in [1.54, 1.807) is 0 Å². The molecule has 1 atom stereocenters. The monoisotopic (exact) mass is 323 g/mol. The van der Waals surface area contributed by atoms with Gasteiger partial charge in [-0.15, -0.1) is 24.8 Å². The van der Waals surface area contributed by atoms with E-state index in [1.807, 2.05) is 43.3 Å².